The number of hydrogen-bond donors (Lipinski definition) is 6. The van der Waals surface area contributed by atoms with Gasteiger partial charge in [0.25, 0.3) is 0 Å². The van der Waals surface area contributed by atoms with E-state index < -0.39 is 48.0 Å². The van der Waals surface area contributed by atoms with Crippen LogP contribution >= 0.6 is 11.8 Å². The highest BCUT2D eigenvalue weighted by Crippen LogP contribution is 2.11. The number of carbonyl (C=O) groups excluding carboxylic acids is 5. The van der Waals surface area contributed by atoms with Gasteiger partial charge in [-0.3, -0.25) is 24.0 Å². The van der Waals surface area contributed by atoms with Crippen LogP contribution in [0, 0.1) is 23.7 Å². The first-order valence-electron chi connectivity index (χ1n) is 14.6. The van der Waals surface area contributed by atoms with Gasteiger partial charge in [0.1, 0.15) is 18.1 Å². The number of aliphatic hydroxyl groups excluding tert-OH is 1. The Hall–Kier alpha value is -2.34. The van der Waals surface area contributed by atoms with Gasteiger partial charge >= 0.3 is 0 Å². The lowest BCUT2D eigenvalue weighted by Gasteiger charge is -2.30. The van der Waals surface area contributed by atoms with Gasteiger partial charge in [0, 0.05) is 18.7 Å². The van der Waals surface area contributed by atoms with E-state index in [1.165, 1.54) is 11.8 Å². The normalized spacial score (nSPS) is 15.2. The molecule has 0 unspecified atom stereocenters. The molecule has 41 heavy (non-hydrogen) atoms. The highest BCUT2D eigenvalue weighted by Gasteiger charge is 2.33. The van der Waals surface area contributed by atoms with Crippen LogP contribution in [0.4, 0.5) is 0 Å². The molecular weight excluding hydrogens is 546 g/mol. The van der Waals surface area contributed by atoms with E-state index >= 15 is 0 Å². The number of amides is 5. The average Bonchev–Trinajstić information content (AvgIpc) is 2.83. The van der Waals surface area contributed by atoms with Gasteiger partial charge in [-0.05, 0) is 43.3 Å². The summed E-state index contributed by atoms with van der Waals surface area (Å²) in [6.07, 6.45) is 1.39. The SMILES string of the molecule is CSC[C@H](NC(=O)[C@@H](NC(=O)[C@@H](NC(=O)CC(C)C)C(C)C)C(C)C)[C@@H](O)CC(=O)N[C@@H](C)C(=O)NCCC(C)C. The third-order valence-electron chi connectivity index (χ3n) is 6.43. The number of hydrogen-bond acceptors (Lipinski definition) is 7. The molecule has 0 aliphatic rings. The second-order valence-corrected chi connectivity index (χ2v) is 13.1. The summed E-state index contributed by atoms with van der Waals surface area (Å²) in [5, 5.41) is 24.5. The van der Waals surface area contributed by atoms with Gasteiger partial charge < -0.3 is 31.7 Å². The Morgan fingerprint density at radius 2 is 1.17 bits per heavy atom. The third kappa shape index (κ3) is 16.0. The molecule has 0 spiro atoms. The number of carbonyl (C=O) groups is 5. The topological polar surface area (TPSA) is 166 Å². The summed E-state index contributed by atoms with van der Waals surface area (Å²) in [5.74, 6) is -1.61. The zero-order chi connectivity index (χ0) is 31.9. The van der Waals surface area contributed by atoms with Crippen molar-refractivity contribution in [3.63, 3.8) is 0 Å². The van der Waals surface area contributed by atoms with Crippen molar-refractivity contribution in [2.24, 2.45) is 23.7 Å². The maximum atomic E-state index is 13.3. The molecule has 0 radical (unpaired) electrons. The van der Waals surface area contributed by atoms with Crippen molar-refractivity contribution < 1.29 is 29.1 Å². The van der Waals surface area contributed by atoms with Crippen LogP contribution in [-0.4, -0.2) is 83.5 Å². The highest BCUT2D eigenvalue weighted by molar-refractivity contribution is 7.98. The van der Waals surface area contributed by atoms with E-state index in [-0.39, 0.29) is 42.4 Å². The monoisotopic (exact) mass is 601 g/mol. The Kier molecular flexibility index (Phi) is 18.6. The molecule has 6 N–H and O–H groups in total. The molecule has 12 heteroatoms. The predicted octanol–water partition coefficient (Wildman–Crippen LogP) is 1.58. The first-order chi connectivity index (χ1) is 19.0. The van der Waals surface area contributed by atoms with Crippen LogP contribution in [-0.2, 0) is 24.0 Å². The molecule has 0 saturated carbocycles. The average molecular weight is 602 g/mol. The molecule has 5 amide bonds. The lowest BCUT2D eigenvalue weighted by Crippen LogP contribution is -2.59. The molecule has 0 rings (SSSR count). The van der Waals surface area contributed by atoms with Crippen LogP contribution in [0.3, 0.4) is 0 Å². The number of thioether (sulfide) groups is 1. The molecular formula is C29H55N5O6S. The summed E-state index contributed by atoms with van der Waals surface area (Å²) < 4.78 is 0. The summed E-state index contributed by atoms with van der Waals surface area (Å²) in [6, 6.07) is -3.28. The van der Waals surface area contributed by atoms with E-state index in [1.807, 2.05) is 34.0 Å². The molecule has 238 valence electrons. The minimum Gasteiger partial charge on any atom is -0.390 e. The fourth-order valence-corrected chi connectivity index (χ4v) is 4.62. The number of rotatable bonds is 19. The van der Waals surface area contributed by atoms with Gasteiger partial charge in [-0.15, -0.1) is 0 Å². The Morgan fingerprint density at radius 1 is 0.659 bits per heavy atom. The first kappa shape index (κ1) is 38.7. The van der Waals surface area contributed by atoms with Gasteiger partial charge in [-0.1, -0.05) is 55.4 Å². The summed E-state index contributed by atoms with van der Waals surface area (Å²) >= 11 is 1.39. The molecule has 5 atom stereocenters. The third-order valence-corrected chi connectivity index (χ3v) is 7.12. The van der Waals surface area contributed by atoms with Gasteiger partial charge in [-0.25, -0.2) is 0 Å². The standard InChI is InChI=1S/C29H55N5O6S/c1-16(2)11-12-30-27(38)20(9)31-24(37)14-22(35)21(15-41-10)32-28(39)26(19(7)8)34-29(40)25(18(5)6)33-23(36)13-17(3)4/h16-22,25-26,35H,11-15H2,1-10H3,(H,30,38)(H,31,37)(H,32,39)(H,33,36)(H,34,40)/t20-,21-,22-,25-,26-/m0/s1. The summed E-state index contributed by atoms with van der Waals surface area (Å²) in [4.78, 5) is 63.5. The van der Waals surface area contributed by atoms with Gasteiger partial charge in [0.05, 0.1) is 18.6 Å². The number of aliphatic hydroxyl groups is 1. The fourth-order valence-electron chi connectivity index (χ4n) is 3.95. The molecule has 0 bridgehead atoms. The number of nitrogens with one attached hydrogen (secondary N) is 5. The van der Waals surface area contributed by atoms with Crippen LogP contribution in [0.1, 0.15) is 81.6 Å². The van der Waals surface area contributed by atoms with Crippen LogP contribution in [0.2, 0.25) is 0 Å². The zero-order valence-corrected chi connectivity index (χ0v) is 27.4. The largest absolute Gasteiger partial charge is 0.390 e. The molecule has 0 aliphatic carbocycles. The van der Waals surface area contributed by atoms with Gasteiger partial charge in [0.2, 0.25) is 29.5 Å². The first-order valence-corrected chi connectivity index (χ1v) is 16.0. The van der Waals surface area contributed by atoms with Crippen molar-refractivity contribution in [3.8, 4) is 0 Å². The lowest BCUT2D eigenvalue weighted by molar-refractivity contribution is -0.134. The Balaban J connectivity index is 5.30. The Bertz CT molecular complexity index is 852. The molecule has 0 saturated heterocycles. The van der Waals surface area contributed by atoms with Crippen molar-refractivity contribution in [3.05, 3.63) is 0 Å². The van der Waals surface area contributed by atoms with Crippen LogP contribution in [0.25, 0.3) is 0 Å². The molecule has 0 aromatic carbocycles. The summed E-state index contributed by atoms with van der Waals surface area (Å²) in [7, 11) is 0. The van der Waals surface area contributed by atoms with Crippen molar-refractivity contribution in [2.75, 3.05) is 18.6 Å². The van der Waals surface area contributed by atoms with Crippen molar-refractivity contribution in [2.45, 2.75) is 112 Å². The Morgan fingerprint density at radius 3 is 1.66 bits per heavy atom. The van der Waals surface area contributed by atoms with E-state index in [0.29, 0.717) is 18.2 Å². The molecule has 0 aliphatic heterocycles. The smallest absolute Gasteiger partial charge is 0.243 e. The maximum Gasteiger partial charge on any atom is 0.243 e. The predicted molar refractivity (Wildman–Crippen MR) is 164 cm³/mol. The summed E-state index contributed by atoms with van der Waals surface area (Å²) in [5.41, 5.74) is 0. The van der Waals surface area contributed by atoms with Gasteiger partial charge in [-0.2, -0.15) is 11.8 Å². The molecule has 0 fully saturated rings. The quantitative estimate of drug-likeness (QED) is 0.131. The van der Waals surface area contributed by atoms with Crippen LogP contribution in [0.5, 0.6) is 0 Å². The zero-order valence-electron chi connectivity index (χ0n) is 26.6. The molecule has 11 nitrogen and oxygen atoms in total. The van der Waals surface area contributed by atoms with Crippen molar-refractivity contribution >= 4 is 41.3 Å². The van der Waals surface area contributed by atoms with Crippen LogP contribution < -0.4 is 26.6 Å². The minimum absolute atomic E-state index is 0.136. The second kappa shape index (κ2) is 19.7. The lowest BCUT2D eigenvalue weighted by atomic mass is 9.98. The summed E-state index contributed by atoms with van der Waals surface area (Å²) in [6.45, 7) is 17.2. The maximum absolute atomic E-state index is 13.3. The van der Waals surface area contributed by atoms with Crippen molar-refractivity contribution in [1.29, 1.82) is 0 Å². The molecule has 0 aromatic heterocycles. The Labute approximate surface area is 250 Å². The highest BCUT2D eigenvalue weighted by atomic mass is 32.2. The molecule has 0 heterocycles. The van der Waals surface area contributed by atoms with E-state index in [1.54, 1.807) is 20.8 Å². The second-order valence-electron chi connectivity index (χ2n) is 12.2. The molecule has 0 aromatic rings. The minimum atomic E-state index is -1.22. The van der Waals surface area contributed by atoms with E-state index in [4.69, 9.17) is 0 Å². The van der Waals surface area contributed by atoms with E-state index in [9.17, 15) is 29.1 Å². The van der Waals surface area contributed by atoms with E-state index in [2.05, 4.69) is 40.4 Å². The fraction of sp³-hybridized carbons (Fsp3) is 0.828. The van der Waals surface area contributed by atoms with Gasteiger partial charge in [0.15, 0.2) is 0 Å². The van der Waals surface area contributed by atoms with E-state index in [0.717, 1.165) is 6.42 Å². The van der Waals surface area contributed by atoms with Crippen molar-refractivity contribution in [1.82, 2.24) is 26.6 Å². The van der Waals surface area contributed by atoms with Crippen LogP contribution in [0.15, 0.2) is 0 Å².